The number of hydrogen-bond acceptors (Lipinski definition) is 6. The van der Waals surface area contributed by atoms with Crippen LogP contribution in [0.1, 0.15) is 380 Å². The van der Waals surface area contributed by atoms with Gasteiger partial charge in [-0.05, 0) is 51.4 Å². The molecule has 6 heteroatoms. The standard InChI is InChI=1S/C69H130O6/c1-4-7-10-13-16-19-22-25-28-31-33-34-36-39-42-45-48-51-54-57-60-63-69(72)75-66(64-73-67(70)61-58-55-52-49-46-43-40-37-30-27-24-21-18-15-12-9-6-3)65-74-68(71)62-59-56-53-50-47-44-41-38-35-32-29-26-23-20-17-14-11-8-5-2/h17,20,26,29,66H,4-16,18-19,21-25,27-28,30-65H2,1-3H3/b20-17-,29-26-/t66-/m0/s1. The molecule has 0 fully saturated rings. The number of ether oxygens (including phenoxy) is 3. The lowest BCUT2D eigenvalue weighted by molar-refractivity contribution is -0.167. The molecule has 0 amide bonds. The molecule has 0 bridgehead atoms. The second kappa shape index (κ2) is 64.4. The lowest BCUT2D eigenvalue weighted by Crippen LogP contribution is -2.30. The predicted octanol–water partition coefficient (Wildman–Crippen LogP) is 23.0. The monoisotopic (exact) mass is 1050 g/mol. The van der Waals surface area contributed by atoms with Gasteiger partial charge in [0, 0.05) is 19.3 Å². The van der Waals surface area contributed by atoms with E-state index in [0.29, 0.717) is 19.3 Å². The number of carbonyl (C=O) groups excluding carboxylic acids is 3. The molecule has 0 rings (SSSR count). The number of rotatable bonds is 63. The Bertz CT molecular complexity index is 1210. The molecule has 0 saturated carbocycles. The van der Waals surface area contributed by atoms with E-state index >= 15 is 0 Å². The zero-order chi connectivity index (χ0) is 54.3. The van der Waals surface area contributed by atoms with E-state index in [4.69, 9.17) is 14.2 Å². The molecule has 0 radical (unpaired) electrons. The zero-order valence-corrected chi connectivity index (χ0v) is 50.8. The van der Waals surface area contributed by atoms with Crippen LogP contribution in [0.4, 0.5) is 0 Å². The van der Waals surface area contributed by atoms with E-state index in [1.165, 1.54) is 276 Å². The number of allylic oxidation sites excluding steroid dienone is 4. The van der Waals surface area contributed by atoms with Crippen LogP contribution < -0.4 is 0 Å². The molecule has 6 nitrogen and oxygen atoms in total. The molecule has 442 valence electrons. The average molecular weight is 1060 g/mol. The van der Waals surface area contributed by atoms with E-state index in [-0.39, 0.29) is 31.1 Å². The first kappa shape index (κ1) is 72.9. The first-order chi connectivity index (χ1) is 37.0. The summed E-state index contributed by atoms with van der Waals surface area (Å²) in [6, 6.07) is 0. The van der Waals surface area contributed by atoms with Gasteiger partial charge < -0.3 is 14.2 Å². The summed E-state index contributed by atoms with van der Waals surface area (Å²) in [4.78, 5) is 38.4. The molecule has 0 aromatic carbocycles. The minimum atomic E-state index is -0.769. The molecule has 0 heterocycles. The molecule has 0 saturated heterocycles. The lowest BCUT2D eigenvalue weighted by Gasteiger charge is -2.18. The Labute approximate surface area is 468 Å². The highest BCUT2D eigenvalue weighted by molar-refractivity contribution is 5.71. The van der Waals surface area contributed by atoms with E-state index in [2.05, 4.69) is 45.1 Å². The summed E-state index contributed by atoms with van der Waals surface area (Å²) in [5.41, 5.74) is 0. The molecule has 0 unspecified atom stereocenters. The summed E-state index contributed by atoms with van der Waals surface area (Å²) in [5, 5.41) is 0. The molecule has 1 atom stereocenters. The summed E-state index contributed by atoms with van der Waals surface area (Å²) >= 11 is 0. The maximum Gasteiger partial charge on any atom is 0.306 e. The van der Waals surface area contributed by atoms with Crippen molar-refractivity contribution < 1.29 is 28.6 Å². The van der Waals surface area contributed by atoms with E-state index in [9.17, 15) is 14.4 Å². The zero-order valence-electron chi connectivity index (χ0n) is 50.8. The third kappa shape index (κ3) is 62.6. The van der Waals surface area contributed by atoms with Gasteiger partial charge in [0.25, 0.3) is 0 Å². The number of esters is 3. The molecule has 0 aromatic heterocycles. The van der Waals surface area contributed by atoms with Crippen LogP contribution in [0.3, 0.4) is 0 Å². The minimum Gasteiger partial charge on any atom is -0.462 e. The van der Waals surface area contributed by atoms with Gasteiger partial charge in [0.05, 0.1) is 0 Å². The molecule has 0 aliphatic heterocycles. The Balaban J connectivity index is 4.30. The highest BCUT2D eigenvalue weighted by Gasteiger charge is 2.19. The van der Waals surface area contributed by atoms with Crippen molar-refractivity contribution in [2.24, 2.45) is 0 Å². The van der Waals surface area contributed by atoms with E-state index in [1.807, 2.05) is 0 Å². The molecular weight excluding hydrogens is 925 g/mol. The van der Waals surface area contributed by atoms with Crippen LogP contribution in [-0.4, -0.2) is 37.2 Å². The Kier molecular flexibility index (Phi) is 62.6. The third-order valence-corrected chi connectivity index (χ3v) is 15.5. The van der Waals surface area contributed by atoms with Crippen LogP contribution in [0.25, 0.3) is 0 Å². The summed E-state index contributed by atoms with van der Waals surface area (Å²) < 4.78 is 17.0. The highest BCUT2D eigenvalue weighted by Crippen LogP contribution is 2.18. The minimum absolute atomic E-state index is 0.0658. The number of unbranched alkanes of at least 4 members (excludes halogenated alkanes) is 48. The van der Waals surface area contributed by atoms with Crippen LogP contribution in [0, 0.1) is 0 Å². The van der Waals surface area contributed by atoms with Gasteiger partial charge in [-0.15, -0.1) is 0 Å². The quantitative estimate of drug-likeness (QED) is 0.0261. The van der Waals surface area contributed by atoms with Crippen molar-refractivity contribution in [3.8, 4) is 0 Å². The second-order valence-electron chi connectivity index (χ2n) is 23.1. The molecule has 0 aliphatic carbocycles. The molecule has 0 aromatic rings. The Morgan fingerprint density at radius 3 is 0.760 bits per heavy atom. The van der Waals surface area contributed by atoms with Crippen LogP contribution in [0.15, 0.2) is 24.3 Å². The largest absolute Gasteiger partial charge is 0.462 e. The normalized spacial score (nSPS) is 12.1. The van der Waals surface area contributed by atoms with E-state index in [0.717, 1.165) is 64.2 Å². The van der Waals surface area contributed by atoms with Crippen molar-refractivity contribution in [3.63, 3.8) is 0 Å². The number of hydrogen-bond donors (Lipinski definition) is 0. The Morgan fingerprint density at radius 1 is 0.267 bits per heavy atom. The van der Waals surface area contributed by atoms with Gasteiger partial charge in [0.1, 0.15) is 13.2 Å². The van der Waals surface area contributed by atoms with Crippen molar-refractivity contribution in [2.75, 3.05) is 13.2 Å². The Hall–Kier alpha value is -2.11. The lowest BCUT2D eigenvalue weighted by atomic mass is 10.0. The fraction of sp³-hybridized carbons (Fsp3) is 0.899. The molecule has 75 heavy (non-hydrogen) atoms. The molecule has 0 spiro atoms. The van der Waals surface area contributed by atoms with Crippen LogP contribution in [0.5, 0.6) is 0 Å². The van der Waals surface area contributed by atoms with Gasteiger partial charge in [0.15, 0.2) is 6.10 Å². The summed E-state index contributed by atoms with van der Waals surface area (Å²) in [7, 11) is 0. The van der Waals surface area contributed by atoms with Crippen molar-refractivity contribution in [1.82, 2.24) is 0 Å². The fourth-order valence-electron chi connectivity index (χ4n) is 10.4. The van der Waals surface area contributed by atoms with Gasteiger partial charge in [-0.1, -0.05) is 334 Å². The predicted molar refractivity (Wildman–Crippen MR) is 326 cm³/mol. The SMILES string of the molecule is CCCCC/C=C\C/C=C\CCCCCCCCCCCC(=O)OC[C@H](COC(=O)CCCCCCCCCCCCCCCCCCC)OC(=O)CCCCCCCCCCCCCCCCCCCCCCC. The van der Waals surface area contributed by atoms with Crippen molar-refractivity contribution in [2.45, 2.75) is 386 Å². The molecular formula is C69H130O6. The van der Waals surface area contributed by atoms with Gasteiger partial charge >= 0.3 is 17.9 Å². The average Bonchev–Trinajstić information content (AvgIpc) is 3.41. The first-order valence-electron chi connectivity index (χ1n) is 33.8. The van der Waals surface area contributed by atoms with Gasteiger partial charge in [-0.25, -0.2) is 0 Å². The first-order valence-corrected chi connectivity index (χ1v) is 33.8. The summed E-state index contributed by atoms with van der Waals surface area (Å²) in [6.45, 7) is 6.70. The van der Waals surface area contributed by atoms with Gasteiger partial charge in [-0.2, -0.15) is 0 Å². The van der Waals surface area contributed by atoms with E-state index < -0.39 is 6.10 Å². The number of carbonyl (C=O) groups is 3. The van der Waals surface area contributed by atoms with Crippen LogP contribution in [-0.2, 0) is 28.6 Å². The smallest absolute Gasteiger partial charge is 0.306 e. The van der Waals surface area contributed by atoms with Gasteiger partial charge in [-0.3, -0.25) is 14.4 Å². The molecule has 0 aliphatic rings. The van der Waals surface area contributed by atoms with Crippen molar-refractivity contribution in [3.05, 3.63) is 24.3 Å². The fourth-order valence-corrected chi connectivity index (χ4v) is 10.4. The van der Waals surface area contributed by atoms with Crippen molar-refractivity contribution >= 4 is 17.9 Å². The summed E-state index contributed by atoms with van der Waals surface area (Å²) in [6.07, 6.45) is 77.6. The maximum atomic E-state index is 12.9. The van der Waals surface area contributed by atoms with Crippen molar-refractivity contribution in [1.29, 1.82) is 0 Å². The topological polar surface area (TPSA) is 78.9 Å². The Morgan fingerprint density at radius 2 is 0.480 bits per heavy atom. The highest BCUT2D eigenvalue weighted by atomic mass is 16.6. The third-order valence-electron chi connectivity index (χ3n) is 15.5. The molecule has 0 N–H and O–H groups in total. The maximum absolute atomic E-state index is 12.9. The second-order valence-corrected chi connectivity index (χ2v) is 23.1. The van der Waals surface area contributed by atoms with Crippen LogP contribution >= 0.6 is 0 Å². The van der Waals surface area contributed by atoms with Gasteiger partial charge in [0.2, 0.25) is 0 Å². The summed E-state index contributed by atoms with van der Waals surface area (Å²) in [5.74, 6) is -0.838. The van der Waals surface area contributed by atoms with E-state index in [1.54, 1.807) is 0 Å². The van der Waals surface area contributed by atoms with Crippen LogP contribution in [0.2, 0.25) is 0 Å².